The molecule has 1 aromatic carbocycles. The van der Waals surface area contributed by atoms with Gasteiger partial charge in [0.25, 0.3) is 0 Å². The minimum absolute atomic E-state index is 0.110. The Kier molecular flexibility index (Phi) is 2.83. The van der Waals surface area contributed by atoms with E-state index in [9.17, 15) is 8.78 Å². The quantitative estimate of drug-likeness (QED) is 0.768. The highest BCUT2D eigenvalue weighted by molar-refractivity contribution is 5.31. The number of hydrogen-bond acceptors (Lipinski definition) is 2. The molecule has 2 nitrogen and oxygen atoms in total. The maximum Gasteiger partial charge on any atom is 0.134 e. The van der Waals surface area contributed by atoms with Crippen LogP contribution in [0.1, 0.15) is 18.5 Å². The van der Waals surface area contributed by atoms with E-state index >= 15 is 0 Å². The molecular formula is C9H11F2NO. The minimum atomic E-state index is -0.674. The number of nitrogens with two attached hydrogens (primary N) is 1. The van der Waals surface area contributed by atoms with Gasteiger partial charge in [-0.05, 0) is 6.92 Å². The summed E-state index contributed by atoms with van der Waals surface area (Å²) in [6.07, 6.45) is 0. The lowest BCUT2D eigenvalue weighted by atomic mass is 10.1. The van der Waals surface area contributed by atoms with Crippen molar-refractivity contribution < 1.29 is 13.5 Å². The Morgan fingerprint density at radius 3 is 2.08 bits per heavy atom. The second-order valence-corrected chi connectivity index (χ2v) is 2.79. The van der Waals surface area contributed by atoms with Crippen LogP contribution in [0.15, 0.2) is 12.1 Å². The smallest absolute Gasteiger partial charge is 0.134 e. The van der Waals surface area contributed by atoms with Crippen molar-refractivity contribution in [2.24, 2.45) is 5.73 Å². The Morgan fingerprint density at radius 1 is 1.31 bits per heavy atom. The fraction of sp³-hybridized carbons (Fsp3) is 0.333. The van der Waals surface area contributed by atoms with Crippen molar-refractivity contribution in [2.75, 3.05) is 7.11 Å². The van der Waals surface area contributed by atoms with E-state index in [1.807, 2.05) is 0 Å². The highest BCUT2D eigenvalue weighted by Gasteiger charge is 2.14. The lowest BCUT2D eigenvalue weighted by Crippen LogP contribution is -2.10. The van der Waals surface area contributed by atoms with Crippen LogP contribution < -0.4 is 10.5 Å². The predicted octanol–water partition coefficient (Wildman–Crippen LogP) is 1.99. The first-order chi connectivity index (χ1) is 6.06. The number of halogens is 2. The van der Waals surface area contributed by atoms with Crippen molar-refractivity contribution in [3.8, 4) is 5.75 Å². The number of hydrogen-bond donors (Lipinski definition) is 1. The van der Waals surface area contributed by atoms with Crippen molar-refractivity contribution in [3.05, 3.63) is 29.3 Å². The molecule has 0 aliphatic heterocycles. The molecule has 0 saturated carbocycles. The topological polar surface area (TPSA) is 35.2 Å². The Labute approximate surface area is 75.3 Å². The zero-order valence-corrected chi connectivity index (χ0v) is 7.47. The second kappa shape index (κ2) is 3.70. The predicted molar refractivity (Wildman–Crippen MR) is 45.5 cm³/mol. The first kappa shape index (κ1) is 9.92. The molecule has 4 heteroatoms. The van der Waals surface area contributed by atoms with E-state index in [4.69, 9.17) is 5.73 Å². The average Bonchev–Trinajstić information content (AvgIpc) is 2.02. The number of rotatable bonds is 2. The van der Waals surface area contributed by atoms with E-state index in [-0.39, 0.29) is 11.3 Å². The monoisotopic (exact) mass is 187 g/mol. The van der Waals surface area contributed by atoms with Gasteiger partial charge in [-0.15, -0.1) is 0 Å². The van der Waals surface area contributed by atoms with Crippen molar-refractivity contribution in [1.29, 1.82) is 0 Å². The van der Waals surface area contributed by atoms with E-state index in [2.05, 4.69) is 4.74 Å². The van der Waals surface area contributed by atoms with Crippen LogP contribution in [0.5, 0.6) is 5.75 Å². The molecule has 0 aliphatic carbocycles. The highest BCUT2D eigenvalue weighted by Crippen LogP contribution is 2.23. The van der Waals surface area contributed by atoms with Gasteiger partial charge in [-0.1, -0.05) is 0 Å². The van der Waals surface area contributed by atoms with Crippen LogP contribution in [0.4, 0.5) is 8.78 Å². The summed E-state index contributed by atoms with van der Waals surface area (Å²) in [6, 6.07) is 1.56. The van der Waals surface area contributed by atoms with Gasteiger partial charge < -0.3 is 10.5 Å². The molecule has 1 unspecified atom stereocenters. The molecule has 0 bridgehead atoms. The van der Waals surface area contributed by atoms with Gasteiger partial charge >= 0.3 is 0 Å². The second-order valence-electron chi connectivity index (χ2n) is 2.79. The van der Waals surface area contributed by atoms with Gasteiger partial charge in [0.05, 0.1) is 7.11 Å². The number of ether oxygens (including phenoxy) is 1. The van der Waals surface area contributed by atoms with Crippen molar-refractivity contribution in [1.82, 2.24) is 0 Å². The van der Waals surface area contributed by atoms with Gasteiger partial charge in [-0.3, -0.25) is 0 Å². The van der Waals surface area contributed by atoms with Crippen molar-refractivity contribution in [3.63, 3.8) is 0 Å². The van der Waals surface area contributed by atoms with Crippen LogP contribution in [-0.4, -0.2) is 7.11 Å². The van der Waals surface area contributed by atoms with Crippen LogP contribution in [0.2, 0.25) is 0 Å². The molecule has 1 atom stereocenters. The lowest BCUT2D eigenvalue weighted by Gasteiger charge is -2.09. The summed E-state index contributed by atoms with van der Waals surface area (Å²) in [6.45, 7) is 1.52. The highest BCUT2D eigenvalue weighted by atomic mass is 19.1. The summed E-state index contributed by atoms with van der Waals surface area (Å²) in [5.74, 6) is -1.20. The van der Waals surface area contributed by atoms with Gasteiger partial charge in [-0.2, -0.15) is 0 Å². The summed E-state index contributed by atoms with van der Waals surface area (Å²) in [4.78, 5) is 0. The molecule has 72 valence electrons. The lowest BCUT2D eigenvalue weighted by molar-refractivity contribution is 0.404. The van der Waals surface area contributed by atoms with Gasteiger partial charge in [0.1, 0.15) is 17.4 Å². The number of benzene rings is 1. The zero-order chi connectivity index (χ0) is 10.0. The summed E-state index contributed by atoms with van der Waals surface area (Å²) in [5.41, 5.74) is 5.28. The normalized spacial score (nSPS) is 12.7. The van der Waals surface area contributed by atoms with E-state index in [0.717, 1.165) is 12.1 Å². The molecule has 0 saturated heterocycles. The molecule has 0 heterocycles. The Bertz CT molecular complexity index is 289. The molecule has 1 aromatic rings. The van der Waals surface area contributed by atoms with Gasteiger partial charge in [-0.25, -0.2) is 8.78 Å². The van der Waals surface area contributed by atoms with Crippen LogP contribution in [0.25, 0.3) is 0 Å². The largest absolute Gasteiger partial charge is 0.497 e. The standard InChI is InChI=1S/C9H11F2NO/c1-5(12)9-7(10)3-6(13-2)4-8(9)11/h3-5H,12H2,1-2H3. The molecule has 0 amide bonds. The first-order valence-electron chi connectivity index (χ1n) is 3.84. The third kappa shape index (κ3) is 1.95. The molecule has 0 aliphatic rings. The third-order valence-electron chi connectivity index (χ3n) is 1.74. The molecular weight excluding hydrogens is 176 g/mol. The molecule has 0 fully saturated rings. The van der Waals surface area contributed by atoms with E-state index in [1.165, 1.54) is 14.0 Å². The molecule has 2 N–H and O–H groups in total. The Balaban J connectivity index is 3.23. The maximum absolute atomic E-state index is 13.1. The summed E-state index contributed by atoms with van der Waals surface area (Å²) in [7, 11) is 1.35. The molecule has 13 heavy (non-hydrogen) atoms. The van der Waals surface area contributed by atoms with E-state index < -0.39 is 17.7 Å². The van der Waals surface area contributed by atoms with Crippen molar-refractivity contribution >= 4 is 0 Å². The van der Waals surface area contributed by atoms with Crippen molar-refractivity contribution in [2.45, 2.75) is 13.0 Å². The van der Waals surface area contributed by atoms with Crippen LogP contribution in [0.3, 0.4) is 0 Å². The maximum atomic E-state index is 13.1. The summed E-state index contributed by atoms with van der Waals surface area (Å²) in [5, 5.41) is 0. The third-order valence-corrected chi connectivity index (χ3v) is 1.74. The Hall–Kier alpha value is -1.16. The van der Waals surface area contributed by atoms with Gasteiger partial charge in [0.2, 0.25) is 0 Å². The summed E-state index contributed by atoms with van der Waals surface area (Å²) < 4.78 is 31.0. The molecule has 0 radical (unpaired) electrons. The number of methoxy groups -OCH3 is 1. The SMILES string of the molecule is COc1cc(F)c(C(C)N)c(F)c1. The van der Waals surface area contributed by atoms with Gasteiger partial charge in [0.15, 0.2) is 0 Å². The summed E-state index contributed by atoms with van der Waals surface area (Å²) >= 11 is 0. The average molecular weight is 187 g/mol. The first-order valence-corrected chi connectivity index (χ1v) is 3.84. The van der Waals surface area contributed by atoms with E-state index in [0.29, 0.717) is 0 Å². The van der Waals surface area contributed by atoms with E-state index in [1.54, 1.807) is 0 Å². The Morgan fingerprint density at radius 2 is 1.77 bits per heavy atom. The fourth-order valence-corrected chi connectivity index (χ4v) is 1.11. The molecule has 0 spiro atoms. The van der Waals surface area contributed by atoms with Crippen LogP contribution in [0, 0.1) is 11.6 Å². The molecule has 1 rings (SSSR count). The van der Waals surface area contributed by atoms with Crippen LogP contribution >= 0.6 is 0 Å². The minimum Gasteiger partial charge on any atom is -0.497 e. The fourth-order valence-electron chi connectivity index (χ4n) is 1.11. The molecule has 0 aromatic heterocycles. The van der Waals surface area contributed by atoms with Gasteiger partial charge in [0, 0.05) is 23.7 Å². The zero-order valence-electron chi connectivity index (χ0n) is 7.47. The van der Waals surface area contributed by atoms with Crippen LogP contribution in [-0.2, 0) is 0 Å².